The van der Waals surface area contributed by atoms with Crippen molar-refractivity contribution in [3.05, 3.63) is 40.3 Å². The molecule has 1 aromatic carbocycles. The minimum absolute atomic E-state index is 0.0165. The molecule has 1 aromatic rings. The molecule has 0 amide bonds. The second-order valence-electron chi connectivity index (χ2n) is 5.05. The number of allylic oxidation sites excluding steroid dienone is 2. The number of halogens is 1. The SMILES string of the molecule is CCOc1cc(C(=O)C(C#N)=C2CCCCN2)c(F)cc1C#N. The third kappa shape index (κ3) is 3.49. The highest BCUT2D eigenvalue weighted by atomic mass is 19.1. The van der Waals surface area contributed by atoms with Crippen molar-refractivity contribution < 1.29 is 13.9 Å². The van der Waals surface area contributed by atoms with Crippen LogP contribution in [-0.2, 0) is 0 Å². The average Bonchev–Trinajstić information content (AvgIpc) is 2.57. The van der Waals surface area contributed by atoms with Gasteiger partial charge in [0, 0.05) is 12.2 Å². The number of carbonyl (C=O) groups is 1. The first kappa shape index (κ1) is 16.5. The summed E-state index contributed by atoms with van der Waals surface area (Å²) in [5, 5.41) is 21.3. The maximum atomic E-state index is 14.2. The maximum Gasteiger partial charge on any atom is 0.208 e. The Labute approximate surface area is 134 Å². The zero-order valence-electron chi connectivity index (χ0n) is 12.8. The number of ether oxygens (including phenoxy) is 1. The Hall–Kier alpha value is -2.86. The molecule has 0 bridgehead atoms. The number of nitrogens with one attached hydrogen (secondary N) is 1. The third-order valence-electron chi connectivity index (χ3n) is 3.57. The lowest BCUT2D eigenvalue weighted by Crippen LogP contribution is -2.23. The third-order valence-corrected chi connectivity index (χ3v) is 3.57. The van der Waals surface area contributed by atoms with Crippen LogP contribution in [0.5, 0.6) is 5.75 Å². The van der Waals surface area contributed by atoms with E-state index in [-0.39, 0.29) is 29.1 Å². The summed E-state index contributed by atoms with van der Waals surface area (Å²) in [5.74, 6) is -1.39. The van der Waals surface area contributed by atoms with E-state index in [9.17, 15) is 14.4 Å². The van der Waals surface area contributed by atoms with E-state index in [2.05, 4.69) is 5.32 Å². The van der Waals surface area contributed by atoms with Gasteiger partial charge in [0.05, 0.1) is 17.7 Å². The predicted molar refractivity (Wildman–Crippen MR) is 81.1 cm³/mol. The predicted octanol–water partition coefficient (Wildman–Crippen LogP) is 2.83. The van der Waals surface area contributed by atoms with E-state index in [0.29, 0.717) is 18.7 Å². The number of carbonyl (C=O) groups excluding carboxylic acids is 1. The van der Waals surface area contributed by atoms with Crippen molar-refractivity contribution >= 4 is 5.78 Å². The van der Waals surface area contributed by atoms with Gasteiger partial charge in [-0.2, -0.15) is 10.5 Å². The Morgan fingerprint density at radius 2 is 2.17 bits per heavy atom. The highest BCUT2D eigenvalue weighted by Crippen LogP contribution is 2.26. The molecule has 0 radical (unpaired) electrons. The number of Topliss-reactive ketones (excluding diaryl/α,β-unsaturated/α-hetero) is 1. The smallest absolute Gasteiger partial charge is 0.208 e. The van der Waals surface area contributed by atoms with Crippen LogP contribution in [0, 0.1) is 28.5 Å². The number of benzene rings is 1. The molecule has 118 valence electrons. The van der Waals surface area contributed by atoms with Crippen molar-refractivity contribution in [3.63, 3.8) is 0 Å². The molecule has 2 rings (SSSR count). The number of rotatable bonds is 4. The summed E-state index contributed by atoms with van der Waals surface area (Å²) < 4.78 is 19.5. The van der Waals surface area contributed by atoms with Crippen LogP contribution in [0.15, 0.2) is 23.4 Å². The number of hydrogen-bond donors (Lipinski definition) is 1. The molecule has 0 unspecified atom stereocenters. The normalized spacial score (nSPS) is 15.8. The molecule has 5 nitrogen and oxygen atoms in total. The Morgan fingerprint density at radius 1 is 1.39 bits per heavy atom. The van der Waals surface area contributed by atoms with Gasteiger partial charge in [-0.25, -0.2) is 4.39 Å². The van der Waals surface area contributed by atoms with E-state index >= 15 is 0 Å². The highest BCUT2D eigenvalue weighted by molar-refractivity contribution is 6.12. The van der Waals surface area contributed by atoms with Gasteiger partial charge in [-0.05, 0) is 38.3 Å². The summed E-state index contributed by atoms with van der Waals surface area (Å²) in [4.78, 5) is 12.6. The van der Waals surface area contributed by atoms with Crippen molar-refractivity contribution in [1.82, 2.24) is 5.32 Å². The first-order valence-electron chi connectivity index (χ1n) is 7.40. The van der Waals surface area contributed by atoms with Crippen LogP contribution >= 0.6 is 0 Å². The molecule has 1 heterocycles. The minimum Gasteiger partial charge on any atom is -0.492 e. The van der Waals surface area contributed by atoms with Gasteiger partial charge in [-0.15, -0.1) is 0 Å². The van der Waals surface area contributed by atoms with Gasteiger partial charge in [-0.3, -0.25) is 4.79 Å². The van der Waals surface area contributed by atoms with Crippen LogP contribution in [0.3, 0.4) is 0 Å². The molecule has 0 atom stereocenters. The molecule has 0 saturated carbocycles. The van der Waals surface area contributed by atoms with Gasteiger partial charge in [0.2, 0.25) is 5.78 Å². The van der Waals surface area contributed by atoms with Gasteiger partial charge >= 0.3 is 0 Å². The Morgan fingerprint density at radius 3 is 2.74 bits per heavy atom. The molecule has 1 aliphatic rings. The summed E-state index contributed by atoms with van der Waals surface area (Å²) in [7, 11) is 0. The molecule has 1 aliphatic heterocycles. The zero-order chi connectivity index (χ0) is 16.8. The van der Waals surface area contributed by atoms with Crippen molar-refractivity contribution in [2.45, 2.75) is 26.2 Å². The summed E-state index contributed by atoms with van der Waals surface area (Å²) in [6.45, 7) is 2.69. The number of hydrogen-bond acceptors (Lipinski definition) is 5. The first-order valence-corrected chi connectivity index (χ1v) is 7.40. The number of piperidine rings is 1. The van der Waals surface area contributed by atoms with E-state index < -0.39 is 11.6 Å². The van der Waals surface area contributed by atoms with E-state index in [1.807, 2.05) is 12.1 Å². The fourth-order valence-electron chi connectivity index (χ4n) is 2.45. The minimum atomic E-state index is -0.834. The molecule has 1 N–H and O–H groups in total. The lowest BCUT2D eigenvalue weighted by Gasteiger charge is -2.18. The zero-order valence-corrected chi connectivity index (χ0v) is 12.8. The van der Waals surface area contributed by atoms with Gasteiger partial charge in [-0.1, -0.05) is 0 Å². The fourth-order valence-corrected chi connectivity index (χ4v) is 2.45. The molecular formula is C17H16FN3O2. The fraction of sp³-hybridized carbons (Fsp3) is 0.353. The molecule has 1 fully saturated rings. The van der Waals surface area contributed by atoms with Crippen molar-refractivity contribution in [3.8, 4) is 17.9 Å². The van der Waals surface area contributed by atoms with E-state index in [1.165, 1.54) is 6.07 Å². The van der Waals surface area contributed by atoms with Crippen LogP contribution in [-0.4, -0.2) is 18.9 Å². The van der Waals surface area contributed by atoms with Crippen LogP contribution < -0.4 is 10.1 Å². The summed E-state index contributed by atoms with van der Waals surface area (Å²) in [6, 6.07) is 5.86. The van der Waals surface area contributed by atoms with Crippen molar-refractivity contribution in [1.29, 1.82) is 10.5 Å². The average molecular weight is 313 g/mol. The van der Waals surface area contributed by atoms with Gasteiger partial charge in [0.25, 0.3) is 0 Å². The highest BCUT2D eigenvalue weighted by Gasteiger charge is 2.23. The molecule has 0 aromatic heterocycles. The second kappa shape index (κ2) is 7.42. The van der Waals surface area contributed by atoms with Crippen LogP contribution in [0.25, 0.3) is 0 Å². The maximum absolute atomic E-state index is 14.2. The van der Waals surface area contributed by atoms with E-state index in [0.717, 1.165) is 18.9 Å². The largest absolute Gasteiger partial charge is 0.492 e. The molecule has 6 heteroatoms. The monoisotopic (exact) mass is 313 g/mol. The number of ketones is 1. The summed E-state index contributed by atoms with van der Waals surface area (Å²) in [5.41, 5.74) is 0.216. The molecule has 23 heavy (non-hydrogen) atoms. The van der Waals surface area contributed by atoms with Crippen molar-refractivity contribution in [2.24, 2.45) is 0 Å². The van der Waals surface area contributed by atoms with Gasteiger partial charge in [0.15, 0.2) is 0 Å². The number of nitrogens with zero attached hydrogens (tertiary/aromatic N) is 2. The Kier molecular flexibility index (Phi) is 5.32. The van der Waals surface area contributed by atoms with E-state index in [4.69, 9.17) is 10.00 Å². The molecular weight excluding hydrogens is 297 g/mol. The number of nitriles is 2. The quantitative estimate of drug-likeness (QED) is 0.525. The van der Waals surface area contributed by atoms with Crippen molar-refractivity contribution in [2.75, 3.05) is 13.2 Å². The molecule has 0 aliphatic carbocycles. The Bertz CT molecular complexity index is 733. The lowest BCUT2D eigenvalue weighted by molar-refractivity contribution is 0.103. The van der Waals surface area contributed by atoms with E-state index in [1.54, 1.807) is 6.92 Å². The topological polar surface area (TPSA) is 85.9 Å². The van der Waals surface area contributed by atoms with Gasteiger partial charge < -0.3 is 10.1 Å². The second-order valence-corrected chi connectivity index (χ2v) is 5.05. The van der Waals surface area contributed by atoms with Crippen LogP contribution in [0.1, 0.15) is 42.1 Å². The molecule has 1 saturated heterocycles. The Balaban J connectivity index is 2.48. The van der Waals surface area contributed by atoms with Crippen LogP contribution in [0.2, 0.25) is 0 Å². The molecule has 0 spiro atoms. The summed E-state index contributed by atoms with van der Waals surface area (Å²) in [6.07, 6.45) is 2.43. The lowest BCUT2D eigenvalue weighted by atomic mass is 9.97. The van der Waals surface area contributed by atoms with Crippen LogP contribution in [0.4, 0.5) is 4.39 Å². The standard InChI is InChI=1S/C17H16FN3O2/c1-2-23-16-8-12(14(18)7-11(16)9-19)17(22)13(10-20)15-5-3-4-6-21-15/h7-8,21H,2-6H2,1H3. The summed E-state index contributed by atoms with van der Waals surface area (Å²) >= 11 is 0. The van der Waals surface area contributed by atoms with Gasteiger partial charge in [0.1, 0.15) is 29.3 Å². The first-order chi connectivity index (χ1) is 11.1.